The largest absolute Gasteiger partial charge is 0.176 e. The molecule has 0 saturated carbocycles. The van der Waals surface area contributed by atoms with Crippen LogP contribution < -0.4 is 46.7 Å². The average molecular weight is 856 g/mol. The van der Waals surface area contributed by atoms with Gasteiger partial charge in [0.05, 0.1) is 48.4 Å². The molecule has 0 radical (unpaired) electrons. The molecule has 55 heavy (non-hydrogen) atoms. The molecule has 0 bridgehead atoms. The van der Waals surface area contributed by atoms with Gasteiger partial charge in [-0.1, -0.05) is 225 Å². The molecule has 1 aliphatic carbocycles. The van der Waals surface area contributed by atoms with E-state index < -0.39 is 56.5 Å². The highest BCUT2D eigenvalue weighted by molar-refractivity contribution is 7.23. The van der Waals surface area contributed by atoms with Crippen LogP contribution in [0.1, 0.15) is 44.4 Å². The lowest BCUT2D eigenvalue weighted by Crippen LogP contribution is -2.83. The number of hydrogen-bond acceptors (Lipinski definition) is 0. The Bertz CT molecular complexity index is 1870. The molecule has 1 unspecified atom stereocenters. The van der Waals surface area contributed by atoms with E-state index in [9.17, 15) is 0 Å². The predicted octanol–water partition coefficient (Wildman–Crippen LogP) is 9.20. The van der Waals surface area contributed by atoms with Crippen molar-refractivity contribution in [1.29, 1.82) is 0 Å². The van der Waals surface area contributed by atoms with Gasteiger partial charge in [-0.3, -0.25) is 0 Å². The van der Waals surface area contributed by atoms with Gasteiger partial charge in [0.1, 0.15) is 0 Å². The third kappa shape index (κ3) is 8.42. The fourth-order valence-electron chi connectivity index (χ4n) is 10.4. The summed E-state index contributed by atoms with van der Waals surface area (Å²) >= 11 is 0. The topological polar surface area (TPSA) is 0 Å². The molecule has 0 saturated heterocycles. The minimum Gasteiger partial charge on any atom is -0.0656 e. The van der Waals surface area contributed by atoms with E-state index in [2.05, 4.69) is 203 Å². The second-order valence-electron chi connectivity index (χ2n) is 24.0. The lowest BCUT2D eigenvalue weighted by atomic mass is 10.1. The van der Waals surface area contributed by atoms with Crippen LogP contribution in [0.25, 0.3) is 0 Å². The molecule has 0 aliphatic heterocycles. The van der Waals surface area contributed by atoms with Crippen molar-refractivity contribution in [2.24, 2.45) is 5.92 Å². The van der Waals surface area contributed by atoms with Crippen molar-refractivity contribution in [2.75, 3.05) is 0 Å². The van der Waals surface area contributed by atoms with Crippen LogP contribution >= 0.6 is 0 Å². The van der Waals surface area contributed by atoms with Gasteiger partial charge in [0.15, 0.2) is 8.07 Å². The summed E-state index contributed by atoms with van der Waals surface area (Å²) in [6.07, 6.45) is 0. The Kier molecular flexibility index (Phi) is 12.4. The molecule has 1 atom stereocenters. The van der Waals surface area contributed by atoms with Crippen LogP contribution in [-0.4, -0.2) is 56.5 Å². The van der Waals surface area contributed by atoms with Crippen LogP contribution in [0.2, 0.25) is 118 Å². The van der Waals surface area contributed by atoms with Gasteiger partial charge in [0.25, 0.3) is 0 Å². The Morgan fingerprint density at radius 2 is 0.600 bits per heavy atom. The molecule has 3 aromatic carbocycles. The summed E-state index contributed by atoms with van der Waals surface area (Å²) in [5, 5.41) is 17.4. The van der Waals surface area contributed by atoms with E-state index in [4.69, 9.17) is 0 Å². The molecule has 4 rings (SSSR count). The summed E-state index contributed by atoms with van der Waals surface area (Å²) in [6.45, 7) is 64.9. The van der Waals surface area contributed by atoms with Crippen molar-refractivity contribution in [3.05, 3.63) is 75.0 Å². The van der Waals surface area contributed by atoms with Crippen molar-refractivity contribution >= 4 is 103 Å². The van der Waals surface area contributed by atoms with Gasteiger partial charge >= 0.3 is 0 Å². The first-order chi connectivity index (χ1) is 24.5. The van der Waals surface area contributed by atoms with E-state index >= 15 is 0 Å². The molecule has 302 valence electrons. The number of hydrogen-bond donors (Lipinski definition) is 0. The van der Waals surface area contributed by atoms with Crippen molar-refractivity contribution in [1.82, 2.24) is 0 Å². The van der Waals surface area contributed by atoms with E-state index in [0.717, 1.165) is 0 Å². The third-order valence-corrected chi connectivity index (χ3v) is 31.6. The average Bonchev–Trinajstić information content (AvgIpc) is 3.16. The quantitative estimate of drug-likeness (QED) is 0.141. The SMILES string of the molecule is CC1=C(C)C(C)C([Si](c2cc([Si](C)(C)C)cc(C)c2[Si](C)(C)C)(c2cc([Si](C)(C)C)cc(C)c2[Si](C)(C)C)c2cc([Si](C)(C)C)cc(C)c2[Si](C)(C)C)=C1C. The van der Waals surface area contributed by atoms with Crippen molar-refractivity contribution < 1.29 is 0 Å². The van der Waals surface area contributed by atoms with Crippen LogP contribution in [0.5, 0.6) is 0 Å². The molecule has 7 heteroatoms. The molecule has 3 aromatic rings. The van der Waals surface area contributed by atoms with E-state index in [1.165, 1.54) is 0 Å². The van der Waals surface area contributed by atoms with Gasteiger partial charge in [-0.25, -0.2) is 0 Å². The van der Waals surface area contributed by atoms with Crippen molar-refractivity contribution in [2.45, 2.75) is 166 Å². The molecular weight excluding hydrogens is 773 g/mol. The summed E-state index contributed by atoms with van der Waals surface area (Å²) in [5.41, 5.74) is 9.44. The molecular formula is C48H82Si7. The lowest BCUT2D eigenvalue weighted by molar-refractivity contribution is 0.852. The van der Waals surface area contributed by atoms with E-state index in [1.807, 2.05) is 5.20 Å². The zero-order valence-corrected chi connectivity index (χ0v) is 47.5. The fraction of sp³-hybridized carbons (Fsp3) is 0.542. The van der Waals surface area contributed by atoms with Crippen LogP contribution in [0, 0.1) is 26.7 Å². The molecule has 0 N–H and O–H groups in total. The summed E-state index contributed by atoms with van der Waals surface area (Å²) in [7, 11) is -14.0. The molecule has 0 amide bonds. The molecule has 1 aliphatic rings. The van der Waals surface area contributed by atoms with E-state index in [-0.39, 0.29) is 0 Å². The van der Waals surface area contributed by atoms with Crippen molar-refractivity contribution in [3.63, 3.8) is 0 Å². The first-order valence-electron chi connectivity index (χ1n) is 21.4. The van der Waals surface area contributed by atoms with Crippen molar-refractivity contribution in [3.8, 4) is 0 Å². The first-order valence-corrected chi connectivity index (χ1v) is 44.4. The highest BCUT2D eigenvalue weighted by Gasteiger charge is 2.54. The second-order valence-corrected chi connectivity index (χ2v) is 57.9. The van der Waals surface area contributed by atoms with E-state index in [1.54, 1.807) is 80.1 Å². The van der Waals surface area contributed by atoms with Gasteiger partial charge in [-0.05, 0) is 68.6 Å². The standard InChI is InChI=1S/C48H82Si7/c1-32-26-39(49(8,9)10)29-42(45(32)52(17,18)19)55(48-37(6)35(4)36(5)38(48)7,43-30-40(50(11,12)13)27-33(2)46(43)53(20,21)22)44-31-41(51(14,15)16)28-34(3)47(44)54(23,24)25/h26-31,37H,1-25H3. The smallest absolute Gasteiger partial charge is 0.0656 e. The maximum atomic E-state index is 2.91. The molecule has 0 aromatic heterocycles. The van der Waals surface area contributed by atoms with Gasteiger partial charge in [0, 0.05) is 0 Å². The first kappa shape index (κ1) is 46.3. The summed E-state index contributed by atoms with van der Waals surface area (Å²) in [4.78, 5) is 0. The van der Waals surface area contributed by atoms with Gasteiger partial charge in [0.2, 0.25) is 0 Å². The Hall–Kier alpha value is -1.34. The summed E-state index contributed by atoms with van der Waals surface area (Å²) < 4.78 is 0. The van der Waals surface area contributed by atoms with Crippen LogP contribution in [-0.2, 0) is 0 Å². The van der Waals surface area contributed by atoms with Gasteiger partial charge in [-0.2, -0.15) is 0 Å². The summed E-state index contributed by atoms with van der Waals surface area (Å²) in [6, 6.07) is 16.7. The highest BCUT2D eigenvalue weighted by atomic mass is 28.3. The Morgan fingerprint density at radius 1 is 0.345 bits per heavy atom. The monoisotopic (exact) mass is 854 g/mol. The number of rotatable bonds is 10. The van der Waals surface area contributed by atoms with E-state index in [0.29, 0.717) is 5.92 Å². The van der Waals surface area contributed by atoms with Crippen LogP contribution in [0.15, 0.2) is 58.3 Å². The normalized spacial score (nSPS) is 16.9. The predicted molar refractivity (Wildman–Crippen MR) is 276 cm³/mol. The maximum absolute atomic E-state index is 3.08. The Balaban J connectivity index is 2.75. The minimum absolute atomic E-state index is 0.396. The minimum atomic E-state index is -3.08. The highest BCUT2D eigenvalue weighted by Crippen LogP contribution is 2.41. The van der Waals surface area contributed by atoms with Gasteiger partial charge in [-0.15, -0.1) is 0 Å². The van der Waals surface area contributed by atoms with Gasteiger partial charge < -0.3 is 0 Å². The zero-order chi connectivity index (χ0) is 42.6. The summed E-state index contributed by atoms with van der Waals surface area (Å²) in [5.74, 6) is 0.396. The van der Waals surface area contributed by atoms with Crippen LogP contribution in [0.3, 0.4) is 0 Å². The molecule has 0 heterocycles. The Morgan fingerprint density at radius 3 is 0.782 bits per heavy atom. The fourth-order valence-corrected chi connectivity index (χ4v) is 32.1. The molecule has 0 nitrogen and oxygen atoms in total. The number of benzene rings is 3. The van der Waals surface area contributed by atoms with Crippen LogP contribution in [0.4, 0.5) is 0 Å². The molecule has 0 fully saturated rings. The number of aryl methyl sites for hydroxylation is 3. The lowest BCUT2D eigenvalue weighted by Gasteiger charge is -2.47. The third-order valence-electron chi connectivity index (χ3n) is 13.1. The maximum Gasteiger partial charge on any atom is 0.176 e. The second kappa shape index (κ2) is 14.7. The Labute approximate surface area is 348 Å². The zero-order valence-electron chi connectivity index (χ0n) is 40.5. The molecule has 0 spiro atoms. The number of allylic oxidation sites excluding steroid dienone is 4.